The van der Waals surface area contributed by atoms with Gasteiger partial charge in [-0.3, -0.25) is 9.79 Å². The first-order valence-electron chi connectivity index (χ1n) is 10.9. The van der Waals surface area contributed by atoms with Gasteiger partial charge < -0.3 is 19.5 Å². The van der Waals surface area contributed by atoms with E-state index in [-0.39, 0.29) is 11.8 Å². The summed E-state index contributed by atoms with van der Waals surface area (Å²) in [6, 6.07) is 23.1. The second kappa shape index (κ2) is 10.2. The van der Waals surface area contributed by atoms with E-state index in [2.05, 4.69) is 5.32 Å². The third kappa shape index (κ3) is 5.00. The van der Waals surface area contributed by atoms with Gasteiger partial charge in [0.15, 0.2) is 11.5 Å². The first-order chi connectivity index (χ1) is 16.1. The molecule has 1 aliphatic rings. The molecule has 2 unspecified atom stereocenters. The molecule has 4 rings (SSSR count). The Bertz CT molecular complexity index is 1130. The minimum Gasteiger partial charge on any atom is -0.497 e. The number of amides is 1. The lowest BCUT2D eigenvalue weighted by Crippen LogP contribution is -2.47. The minimum absolute atomic E-state index is 0.0734. The van der Waals surface area contributed by atoms with E-state index in [1.165, 1.54) is 0 Å². The second-order valence-electron chi connectivity index (χ2n) is 7.89. The molecule has 0 radical (unpaired) electrons. The lowest BCUT2D eigenvalue weighted by Gasteiger charge is -2.34. The van der Waals surface area contributed by atoms with E-state index in [1.54, 1.807) is 21.3 Å². The average molecular weight is 445 g/mol. The van der Waals surface area contributed by atoms with Gasteiger partial charge in [-0.1, -0.05) is 48.5 Å². The zero-order valence-corrected chi connectivity index (χ0v) is 19.1. The van der Waals surface area contributed by atoms with Gasteiger partial charge in [0.25, 0.3) is 0 Å². The number of benzene rings is 3. The SMILES string of the molecule is COc1ccc(C2C(Cc3ccc(OC)c(OC)c3)=NC2C(=O)NCc2ccccc2)cc1. The monoisotopic (exact) mass is 444 g/mol. The van der Waals surface area contributed by atoms with Crippen molar-refractivity contribution in [2.75, 3.05) is 21.3 Å². The molecule has 0 spiro atoms. The van der Waals surface area contributed by atoms with Gasteiger partial charge in [-0.25, -0.2) is 0 Å². The molecule has 0 saturated carbocycles. The number of hydrogen-bond donors (Lipinski definition) is 1. The van der Waals surface area contributed by atoms with Crippen LogP contribution in [0.5, 0.6) is 17.2 Å². The van der Waals surface area contributed by atoms with Gasteiger partial charge in [0.1, 0.15) is 11.8 Å². The molecule has 6 nitrogen and oxygen atoms in total. The molecule has 3 aromatic rings. The molecule has 6 heteroatoms. The van der Waals surface area contributed by atoms with Gasteiger partial charge in [0.05, 0.1) is 27.2 Å². The van der Waals surface area contributed by atoms with Crippen molar-refractivity contribution in [3.63, 3.8) is 0 Å². The Hall–Kier alpha value is -3.80. The van der Waals surface area contributed by atoms with Crippen molar-refractivity contribution in [3.8, 4) is 17.2 Å². The quantitative estimate of drug-likeness (QED) is 0.538. The number of carbonyl (C=O) groups excluding carboxylic acids is 1. The van der Waals surface area contributed by atoms with Crippen LogP contribution in [0.3, 0.4) is 0 Å². The number of ether oxygens (including phenoxy) is 3. The molecule has 0 aromatic heterocycles. The molecular weight excluding hydrogens is 416 g/mol. The highest BCUT2D eigenvalue weighted by Crippen LogP contribution is 2.36. The Balaban J connectivity index is 1.55. The predicted octanol–water partition coefficient (Wildman–Crippen LogP) is 4.18. The summed E-state index contributed by atoms with van der Waals surface area (Å²) in [6.07, 6.45) is 0.625. The first-order valence-corrected chi connectivity index (χ1v) is 10.9. The fourth-order valence-corrected chi connectivity index (χ4v) is 4.07. The summed E-state index contributed by atoms with van der Waals surface area (Å²) in [5.41, 5.74) is 4.11. The highest BCUT2D eigenvalue weighted by molar-refractivity contribution is 6.05. The van der Waals surface area contributed by atoms with Gasteiger partial charge in [0.2, 0.25) is 5.91 Å². The maximum Gasteiger partial charge on any atom is 0.246 e. The van der Waals surface area contributed by atoms with Crippen molar-refractivity contribution < 1.29 is 19.0 Å². The van der Waals surface area contributed by atoms with E-state index < -0.39 is 6.04 Å². The maximum atomic E-state index is 13.0. The van der Waals surface area contributed by atoms with E-state index in [1.807, 2.05) is 72.8 Å². The van der Waals surface area contributed by atoms with Gasteiger partial charge in [0, 0.05) is 18.7 Å². The molecule has 3 aromatic carbocycles. The predicted molar refractivity (Wildman–Crippen MR) is 128 cm³/mol. The van der Waals surface area contributed by atoms with Gasteiger partial charge in [-0.15, -0.1) is 0 Å². The number of rotatable bonds is 9. The van der Waals surface area contributed by atoms with Crippen molar-refractivity contribution in [2.24, 2.45) is 4.99 Å². The molecule has 1 heterocycles. The van der Waals surface area contributed by atoms with Crippen LogP contribution in [0.1, 0.15) is 22.6 Å². The highest BCUT2D eigenvalue weighted by atomic mass is 16.5. The van der Waals surface area contributed by atoms with Crippen molar-refractivity contribution in [3.05, 3.63) is 89.5 Å². The van der Waals surface area contributed by atoms with Gasteiger partial charge in [-0.05, 0) is 41.0 Å². The largest absolute Gasteiger partial charge is 0.497 e. The van der Waals surface area contributed by atoms with Crippen LogP contribution < -0.4 is 19.5 Å². The van der Waals surface area contributed by atoms with E-state index in [0.29, 0.717) is 24.5 Å². The molecular formula is C27H28N2O4. The molecule has 33 heavy (non-hydrogen) atoms. The van der Waals surface area contributed by atoms with Crippen LogP contribution in [0.4, 0.5) is 0 Å². The number of nitrogens with zero attached hydrogens (tertiary/aromatic N) is 1. The van der Waals surface area contributed by atoms with Crippen molar-refractivity contribution >= 4 is 11.6 Å². The fourth-order valence-electron chi connectivity index (χ4n) is 4.07. The maximum absolute atomic E-state index is 13.0. The molecule has 1 N–H and O–H groups in total. The molecule has 0 aliphatic carbocycles. The average Bonchev–Trinajstić information content (AvgIpc) is 2.85. The topological polar surface area (TPSA) is 69.1 Å². The van der Waals surface area contributed by atoms with E-state index in [9.17, 15) is 4.79 Å². The normalized spacial score (nSPS) is 16.9. The highest BCUT2D eigenvalue weighted by Gasteiger charge is 2.40. The Kier molecular flexibility index (Phi) is 6.93. The first kappa shape index (κ1) is 22.4. The van der Waals surface area contributed by atoms with Crippen LogP contribution in [0.25, 0.3) is 0 Å². The van der Waals surface area contributed by atoms with E-state index >= 15 is 0 Å². The van der Waals surface area contributed by atoms with Crippen LogP contribution in [-0.2, 0) is 17.8 Å². The third-order valence-electron chi connectivity index (χ3n) is 5.87. The second-order valence-corrected chi connectivity index (χ2v) is 7.89. The fraction of sp³-hybridized carbons (Fsp3) is 0.259. The van der Waals surface area contributed by atoms with Crippen LogP contribution >= 0.6 is 0 Å². The number of nitrogens with one attached hydrogen (secondary N) is 1. The zero-order chi connectivity index (χ0) is 23.2. The summed E-state index contributed by atoms with van der Waals surface area (Å²) in [6.45, 7) is 0.478. The summed E-state index contributed by atoms with van der Waals surface area (Å²) in [5, 5.41) is 3.03. The van der Waals surface area contributed by atoms with Crippen molar-refractivity contribution in [1.82, 2.24) is 5.32 Å². The van der Waals surface area contributed by atoms with Crippen LogP contribution in [0.2, 0.25) is 0 Å². The number of aliphatic imine (C=N–C) groups is 1. The van der Waals surface area contributed by atoms with Gasteiger partial charge >= 0.3 is 0 Å². The summed E-state index contributed by atoms with van der Waals surface area (Å²) in [7, 11) is 4.88. The van der Waals surface area contributed by atoms with Gasteiger partial charge in [-0.2, -0.15) is 0 Å². The van der Waals surface area contributed by atoms with E-state index in [4.69, 9.17) is 19.2 Å². The van der Waals surface area contributed by atoms with E-state index in [0.717, 1.165) is 28.2 Å². The molecule has 2 atom stereocenters. The summed E-state index contributed by atoms with van der Waals surface area (Å²) in [5.74, 6) is 1.96. The number of methoxy groups -OCH3 is 3. The molecule has 0 bridgehead atoms. The lowest BCUT2D eigenvalue weighted by molar-refractivity contribution is -0.123. The zero-order valence-electron chi connectivity index (χ0n) is 19.1. The summed E-state index contributed by atoms with van der Waals surface area (Å²) in [4.78, 5) is 17.7. The van der Waals surface area contributed by atoms with Crippen LogP contribution in [-0.4, -0.2) is 39.0 Å². The Morgan fingerprint density at radius 3 is 2.24 bits per heavy atom. The summed E-state index contributed by atoms with van der Waals surface area (Å²) < 4.78 is 16.1. The Morgan fingerprint density at radius 2 is 1.58 bits per heavy atom. The molecule has 1 aliphatic heterocycles. The third-order valence-corrected chi connectivity index (χ3v) is 5.87. The Morgan fingerprint density at radius 1 is 0.848 bits per heavy atom. The standard InChI is InChI=1S/C27H28N2O4/c1-31-21-12-10-20(11-13-21)25-22(15-19-9-14-23(32-2)24(16-19)33-3)29-26(25)27(30)28-17-18-7-5-4-6-8-18/h4-14,16,25-26H,15,17H2,1-3H3,(H,28,30). The van der Waals surface area contributed by atoms with Crippen molar-refractivity contribution in [1.29, 1.82) is 0 Å². The Labute approximate surface area is 194 Å². The van der Waals surface area contributed by atoms with Crippen LogP contribution in [0.15, 0.2) is 77.8 Å². The number of carbonyl (C=O) groups is 1. The number of hydrogen-bond acceptors (Lipinski definition) is 5. The lowest BCUT2D eigenvalue weighted by atomic mass is 9.79. The minimum atomic E-state index is -0.461. The molecule has 0 saturated heterocycles. The van der Waals surface area contributed by atoms with Crippen molar-refractivity contribution in [2.45, 2.75) is 24.9 Å². The van der Waals surface area contributed by atoms with Crippen LogP contribution in [0, 0.1) is 0 Å². The summed E-state index contributed by atoms with van der Waals surface area (Å²) >= 11 is 0. The molecule has 170 valence electrons. The molecule has 0 fully saturated rings. The smallest absolute Gasteiger partial charge is 0.246 e. The molecule has 1 amide bonds.